The van der Waals surface area contributed by atoms with Gasteiger partial charge in [-0.1, -0.05) is 0 Å². The van der Waals surface area contributed by atoms with E-state index in [1.54, 1.807) is 0 Å². The van der Waals surface area contributed by atoms with Crippen LogP contribution < -0.4 is 0 Å². The molecule has 0 N–H and O–H groups in total. The zero-order valence-electron chi connectivity index (χ0n) is 14.0. The molecule has 2 atom stereocenters. The molecular weight excluding hydrogens is 296 g/mol. The lowest BCUT2D eigenvalue weighted by atomic mass is 10.1. The predicted molar refractivity (Wildman–Crippen MR) is 84.1 cm³/mol. The number of aromatic nitrogens is 3. The molecule has 7 heteroatoms. The standard InChI is InChI=1S/C16H26N4O3/c1-12-17-13(2)20(18-12)14-5-3-7-19(9-14)16(21)11-22-10-15-6-4-8-23-15/h14-15H,3-11H2,1-2H3. The Bertz CT molecular complexity index is 539. The van der Waals surface area contributed by atoms with Gasteiger partial charge < -0.3 is 14.4 Å². The molecule has 0 saturated carbocycles. The number of carbonyl (C=O) groups is 1. The van der Waals surface area contributed by atoms with Crippen LogP contribution in [-0.2, 0) is 14.3 Å². The third-order valence-electron chi connectivity index (χ3n) is 4.56. The lowest BCUT2D eigenvalue weighted by molar-refractivity contribution is -0.139. The van der Waals surface area contributed by atoms with E-state index in [0.29, 0.717) is 13.2 Å². The fourth-order valence-corrected chi connectivity index (χ4v) is 3.41. The minimum Gasteiger partial charge on any atom is -0.376 e. The number of carbonyl (C=O) groups excluding carboxylic acids is 1. The summed E-state index contributed by atoms with van der Waals surface area (Å²) in [6, 6.07) is 0.215. The van der Waals surface area contributed by atoms with Gasteiger partial charge in [-0.2, -0.15) is 5.10 Å². The van der Waals surface area contributed by atoms with Crippen LogP contribution in [0.25, 0.3) is 0 Å². The Kier molecular flexibility index (Phi) is 5.27. The number of amides is 1. The highest BCUT2D eigenvalue weighted by atomic mass is 16.5. The van der Waals surface area contributed by atoms with Crippen LogP contribution in [0.1, 0.15) is 43.4 Å². The molecule has 0 bridgehead atoms. The molecule has 0 radical (unpaired) electrons. The second-order valence-corrected chi connectivity index (χ2v) is 6.44. The number of likely N-dealkylation sites (tertiary alicyclic amines) is 1. The highest BCUT2D eigenvalue weighted by Crippen LogP contribution is 2.22. The van der Waals surface area contributed by atoms with Crippen molar-refractivity contribution in [3.8, 4) is 0 Å². The van der Waals surface area contributed by atoms with E-state index in [2.05, 4.69) is 10.1 Å². The summed E-state index contributed by atoms with van der Waals surface area (Å²) in [5.41, 5.74) is 0. The van der Waals surface area contributed by atoms with Crippen LogP contribution in [-0.4, -0.2) is 64.6 Å². The normalized spacial score (nSPS) is 25.0. The summed E-state index contributed by atoms with van der Waals surface area (Å²) in [7, 11) is 0. The van der Waals surface area contributed by atoms with E-state index in [0.717, 1.165) is 50.5 Å². The van der Waals surface area contributed by atoms with Gasteiger partial charge in [0.05, 0.1) is 18.8 Å². The first-order valence-electron chi connectivity index (χ1n) is 8.50. The van der Waals surface area contributed by atoms with Gasteiger partial charge in [0.25, 0.3) is 0 Å². The molecule has 3 heterocycles. The van der Waals surface area contributed by atoms with Crippen LogP contribution in [0.15, 0.2) is 0 Å². The average molecular weight is 322 g/mol. The van der Waals surface area contributed by atoms with Gasteiger partial charge in [-0.05, 0) is 39.5 Å². The molecule has 23 heavy (non-hydrogen) atoms. The topological polar surface area (TPSA) is 69.5 Å². The fourth-order valence-electron chi connectivity index (χ4n) is 3.41. The number of rotatable bonds is 5. The summed E-state index contributed by atoms with van der Waals surface area (Å²) in [5.74, 6) is 1.75. The molecule has 2 unspecified atom stereocenters. The van der Waals surface area contributed by atoms with Crippen molar-refractivity contribution in [1.29, 1.82) is 0 Å². The van der Waals surface area contributed by atoms with Crippen LogP contribution in [0.2, 0.25) is 0 Å². The fraction of sp³-hybridized carbons (Fsp3) is 0.812. The Labute approximate surface area is 137 Å². The third kappa shape index (κ3) is 4.09. The molecule has 128 valence electrons. The van der Waals surface area contributed by atoms with E-state index in [1.165, 1.54) is 0 Å². The Balaban J connectivity index is 1.49. The van der Waals surface area contributed by atoms with Gasteiger partial charge in [0.2, 0.25) is 5.91 Å². The second kappa shape index (κ2) is 7.40. The zero-order chi connectivity index (χ0) is 16.2. The molecule has 3 rings (SSSR count). The number of hydrogen-bond acceptors (Lipinski definition) is 5. The molecule has 0 aliphatic carbocycles. The largest absolute Gasteiger partial charge is 0.376 e. The van der Waals surface area contributed by atoms with Crippen molar-refractivity contribution in [1.82, 2.24) is 19.7 Å². The Hall–Kier alpha value is -1.47. The third-order valence-corrected chi connectivity index (χ3v) is 4.56. The number of hydrogen-bond donors (Lipinski definition) is 0. The van der Waals surface area contributed by atoms with Crippen molar-refractivity contribution in [3.63, 3.8) is 0 Å². The smallest absolute Gasteiger partial charge is 0.248 e. The summed E-state index contributed by atoms with van der Waals surface area (Å²) in [4.78, 5) is 18.6. The van der Waals surface area contributed by atoms with Crippen LogP contribution in [0.5, 0.6) is 0 Å². The first-order chi connectivity index (χ1) is 11.1. The van der Waals surface area contributed by atoms with Crippen LogP contribution in [0.4, 0.5) is 0 Å². The highest BCUT2D eigenvalue weighted by molar-refractivity contribution is 5.77. The van der Waals surface area contributed by atoms with Gasteiger partial charge in [0.1, 0.15) is 18.3 Å². The quantitative estimate of drug-likeness (QED) is 0.816. The molecule has 0 spiro atoms. The first kappa shape index (κ1) is 16.4. The second-order valence-electron chi connectivity index (χ2n) is 6.44. The molecule has 1 aromatic rings. The molecule has 0 aromatic carbocycles. The minimum atomic E-state index is 0.0576. The number of aryl methyl sites for hydroxylation is 2. The van der Waals surface area contributed by atoms with Crippen molar-refractivity contribution in [2.75, 3.05) is 32.9 Å². The first-order valence-corrected chi connectivity index (χ1v) is 8.50. The van der Waals surface area contributed by atoms with Crippen LogP contribution >= 0.6 is 0 Å². The van der Waals surface area contributed by atoms with Gasteiger partial charge in [0.15, 0.2) is 0 Å². The van der Waals surface area contributed by atoms with E-state index >= 15 is 0 Å². The van der Waals surface area contributed by atoms with E-state index in [4.69, 9.17) is 9.47 Å². The Morgan fingerprint density at radius 1 is 1.35 bits per heavy atom. The summed E-state index contributed by atoms with van der Waals surface area (Å²) < 4.78 is 13.0. The summed E-state index contributed by atoms with van der Waals surface area (Å²) in [5, 5.41) is 4.46. The van der Waals surface area contributed by atoms with Crippen molar-refractivity contribution in [2.24, 2.45) is 0 Å². The lowest BCUT2D eigenvalue weighted by Crippen LogP contribution is -2.43. The molecule has 2 aliphatic rings. The van der Waals surface area contributed by atoms with Gasteiger partial charge in [0, 0.05) is 19.7 Å². The summed E-state index contributed by atoms with van der Waals surface area (Å²) >= 11 is 0. The maximum atomic E-state index is 12.4. The summed E-state index contributed by atoms with van der Waals surface area (Å²) in [6.45, 7) is 6.82. The van der Waals surface area contributed by atoms with Crippen molar-refractivity contribution < 1.29 is 14.3 Å². The van der Waals surface area contributed by atoms with Gasteiger partial charge >= 0.3 is 0 Å². The van der Waals surface area contributed by atoms with E-state index in [9.17, 15) is 4.79 Å². The molecule has 2 aliphatic heterocycles. The molecule has 2 fully saturated rings. The number of nitrogens with zero attached hydrogens (tertiary/aromatic N) is 4. The average Bonchev–Trinajstić information content (AvgIpc) is 3.17. The number of ether oxygens (including phenoxy) is 2. The molecule has 2 saturated heterocycles. The Morgan fingerprint density at radius 3 is 2.91 bits per heavy atom. The molecular formula is C16H26N4O3. The maximum absolute atomic E-state index is 12.4. The Morgan fingerprint density at radius 2 is 2.22 bits per heavy atom. The molecule has 1 aromatic heterocycles. The SMILES string of the molecule is Cc1nc(C)n(C2CCCN(C(=O)COCC3CCCO3)C2)n1. The van der Waals surface area contributed by atoms with Gasteiger partial charge in [-0.25, -0.2) is 9.67 Å². The van der Waals surface area contributed by atoms with Crippen LogP contribution in [0.3, 0.4) is 0 Å². The van der Waals surface area contributed by atoms with E-state index in [-0.39, 0.29) is 24.7 Å². The molecule has 7 nitrogen and oxygen atoms in total. The maximum Gasteiger partial charge on any atom is 0.248 e. The van der Waals surface area contributed by atoms with Gasteiger partial charge in [-0.15, -0.1) is 0 Å². The van der Waals surface area contributed by atoms with Crippen molar-refractivity contribution in [3.05, 3.63) is 11.6 Å². The van der Waals surface area contributed by atoms with Crippen molar-refractivity contribution >= 4 is 5.91 Å². The van der Waals surface area contributed by atoms with Gasteiger partial charge in [-0.3, -0.25) is 4.79 Å². The minimum absolute atomic E-state index is 0.0576. The van der Waals surface area contributed by atoms with Crippen molar-refractivity contribution in [2.45, 2.75) is 51.7 Å². The monoisotopic (exact) mass is 322 g/mol. The highest BCUT2D eigenvalue weighted by Gasteiger charge is 2.27. The zero-order valence-corrected chi connectivity index (χ0v) is 14.0. The lowest BCUT2D eigenvalue weighted by Gasteiger charge is -2.33. The van der Waals surface area contributed by atoms with E-state index < -0.39 is 0 Å². The summed E-state index contributed by atoms with van der Waals surface area (Å²) in [6.07, 6.45) is 4.31. The molecule has 1 amide bonds. The van der Waals surface area contributed by atoms with E-state index in [1.807, 2.05) is 23.4 Å². The predicted octanol–water partition coefficient (Wildman–Crippen LogP) is 1.25. The number of piperidine rings is 1. The van der Waals surface area contributed by atoms with Crippen LogP contribution in [0, 0.1) is 13.8 Å².